The third-order valence-corrected chi connectivity index (χ3v) is 9.07. The van der Waals surface area contributed by atoms with Gasteiger partial charge in [-0.1, -0.05) is 144 Å². The van der Waals surface area contributed by atoms with Crippen LogP contribution in [0.15, 0.2) is 0 Å². The first-order valence-electron chi connectivity index (χ1n) is 17.8. The lowest BCUT2D eigenvalue weighted by Gasteiger charge is -2.25. The fourth-order valence-electron chi connectivity index (χ4n) is 5.86. The van der Waals surface area contributed by atoms with Crippen LogP contribution in [-0.2, 0) is 19.1 Å². The Labute approximate surface area is 250 Å². The number of hydrogen-bond acceptors (Lipinski definition) is 4. The van der Waals surface area contributed by atoms with Crippen LogP contribution in [-0.4, -0.2) is 25.2 Å². The standard InChI is InChI=1S/C36H70O4/c1-7-13-25-31(9-3)29-39-35(37)28-24-22-20-18-16-15-17-19-21-23-27-33(11-5)34(12-6)36(38)40-30-32(10-4)26-14-8-2/h31-34H,7-30H2,1-6H3. The van der Waals surface area contributed by atoms with Gasteiger partial charge in [0.25, 0.3) is 0 Å². The zero-order valence-electron chi connectivity index (χ0n) is 27.9. The second-order valence-electron chi connectivity index (χ2n) is 12.4. The smallest absolute Gasteiger partial charge is 0.309 e. The van der Waals surface area contributed by atoms with Crippen molar-refractivity contribution in [1.82, 2.24) is 0 Å². The summed E-state index contributed by atoms with van der Waals surface area (Å²) in [7, 11) is 0. The van der Waals surface area contributed by atoms with E-state index >= 15 is 0 Å². The largest absolute Gasteiger partial charge is 0.465 e. The molecule has 0 amide bonds. The molecule has 0 aromatic carbocycles. The van der Waals surface area contributed by atoms with Gasteiger partial charge in [0.2, 0.25) is 0 Å². The quantitative estimate of drug-likeness (QED) is 0.0667. The Morgan fingerprint density at radius 1 is 0.500 bits per heavy atom. The Hall–Kier alpha value is -1.06. The van der Waals surface area contributed by atoms with Crippen molar-refractivity contribution in [2.45, 2.75) is 183 Å². The maximum Gasteiger partial charge on any atom is 0.309 e. The van der Waals surface area contributed by atoms with Crippen molar-refractivity contribution in [3.8, 4) is 0 Å². The minimum Gasteiger partial charge on any atom is -0.465 e. The maximum atomic E-state index is 12.9. The molecule has 0 aliphatic rings. The summed E-state index contributed by atoms with van der Waals surface area (Å²) in [6.07, 6.45) is 25.4. The normalized spacial score (nSPS) is 14.4. The number of ether oxygens (including phenoxy) is 2. The first kappa shape index (κ1) is 38.9. The number of rotatable bonds is 29. The van der Waals surface area contributed by atoms with Crippen LogP contribution in [0.4, 0.5) is 0 Å². The SMILES string of the molecule is CCCCC(CC)COC(=O)CCCCCCCCCCCCC(CC)C(CC)C(=O)OCC(CC)CCCC. The molecule has 0 aliphatic heterocycles. The molecule has 0 spiro atoms. The Balaban J connectivity index is 3.85. The molecule has 0 aliphatic carbocycles. The molecule has 0 saturated heterocycles. The van der Waals surface area contributed by atoms with Gasteiger partial charge < -0.3 is 9.47 Å². The average Bonchev–Trinajstić information content (AvgIpc) is 2.97. The van der Waals surface area contributed by atoms with Crippen LogP contribution in [0.5, 0.6) is 0 Å². The molecule has 4 atom stereocenters. The topological polar surface area (TPSA) is 52.6 Å². The van der Waals surface area contributed by atoms with Crippen molar-refractivity contribution in [2.24, 2.45) is 23.7 Å². The van der Waals surface area contributed by atoms with E-state index in [1.165, 1.54) is 89.9 Å². The van der Waals surface area contributed by atoms with E-state index in [1.807, 2.05) is 0 Å². The maximum absolute atomic E-state index is 12.9. The highest BCUT2D eigenvalue weighted by Gasteiger charge is 2.27. The monoisotopic (exact) mass is 567 g/mol. The third-order valence-electron chi connectivity index (χ3n) is 9.07. The first-order chi connectivity index (χ1) is 19.5. The molecule has 0 heterocycles. The Bertz CT molecular complexity index is 575. The van der Waals surface area contributed by atoms with Gasteiger partial charge >= 0.3 is 11.9 Å². The summed E-state index contributed by atoms with van der Waals surface area (Å²) in [5.41, 5.74) is 0. The average molecular weight is 567 g/mol. The van der Waals surface area contributed by atoms with Crippen LogP contribution in [0.25, 0.3) is 0 Å². The molecule has 0 bridgehead atoms. The lowest BCUT2D eigenvalue weighted by molar-refractivity contribution is -0.152. The van der Waals surface area contributed by atoms with E-state index < -0.39 is 0 Å². The van der Waals surface area contributed by atoms with Crippen molar-refractivity contribution < 1.29 is 19.1 Å². The van der Waals surface area contributed by atoms with E-state index in [-0.39, 0.29) is 17.9 Å². The highest BCUT2D eigenvalue weighted by atomic mass is 16.5. The molecule has 4 nitrogen and oxygen atoms in total. The van der Waals surface area contributed by atoms with E-state index in [0.717, 1.165) is 44.9 Å². The van der Waals surface area contributed by atoms with E-state index in [0.29, 0.717) is 37.4 Å². The van der Waals surface area contributed by atoms with Crippen LogP contribution < -0.4 is 0 Å². The van der Waals surface area contributed by atoms with Gasteiger partial charge in [-0.2, -0.15) is 0 Å². The van der Waals surface area contributed by atoms with Crippen molar-refractivity contribution in [3.63, 3.8) is 0 Å². The number of hydrogen-bond donors (Lipinski definition) is 0. The summed E-state index contributed by atoms with van der Waals surface area (Å²) in [5.74, 6) is 1.62. The molecule has 40 heavy (non-hydrogen) atoms. The Kier molecular flexibility index (Phi) is 27.3. The van der Waals surface area contributed by atoms with E-state index in [4.69, 9.17) is 9.47 Å². The summed E-state index contributed by atoms with van der Waals surface area (Å²) >= 11 is 0. The van der Waals surface area contributed by atoms with Crippen LogP contribution in [0.1, 0.15) is 183 Å². The summed E-state index contributed by atoms with van der Waals surface area (Å²) in [6.45, 7) is 14.4. The lowest BCUT2D eigenvalue weighted by atomic mass is 9.84. The Morgan fingerprint density at radius 2 is 0.975 bits per heavy atom. The summed E-state index contributed by atoms with van der Waals surface area (Å²) in [4.78, 5) is 24.9. The van der Waals surface area contributed by atoms with Crippen molar-refractivity contribution in [2.75, 3.05) is 13.2 Å². The molecule has 0 aromatic rings. The van der Waals surface area contributed by atoms with Crippen molar-refractivity contribution in [1.29, 1.82) is 0 Å². The molecule has 4 unspecified atom stereocenters. The number of carbonyl (C=O) groups excluding carboxylic acids is 2. The molecule has 0 radical (unpaired) electrons. The lowest BCUT2D eigenvalue weighted by Crippen LogP contribution is -2.27. The van der Waals surface area contributed by atoms with E-state index in [1.54, 1.807) is 0 Å². The molecule has 0 fully saturated rings. The van der Waals surface area contributed by atoms with Crippen LogP contribution in [0, 0.1) is 23.7 Å². The number of esters is 2. The van der Waals surface area contributed by atoms with Crippen LogP contribution >= 0.6 is 0 Å². The van der Waals surface area contributed by atoms with Gasteiger partial charge in [0.15, 0.2) is 0 Å². The van der Waals surface area contributed by atoms with Crippen molar-refractivity contribution >= 4 is 11.9 Å². The van der Waals surface area contributed by atoms with Gasteiger partial charge in [-0.3, -0.25) is 9.59 Å². The van der Waals surface area contributed by atoms with Gasteiger partial charge in [0, 0.05) is 6.42 Å². The number of unbranched alkanes of at least 4 members (excludes halogenated alkanes) is 11. The van der Waals surface area contributed by atoms with E-state index in [9.17, 15) is 9.59 Å². The molecule has 0 N–H and O–H groups in total. The molecular formula is C36H70O4. The van der Waals surface area contributed by atoms with Gasteiger partial charge in [-0.05, 0) is 49.9 Å². The predicted molar refractivity (Wildman–Crippen MR) is 171 cm³/mol. The Morgan fingerprint density at radius 3 is 1.43 bits per heavy atom. The molecular weight excluding hydrogens is 496 g/mol. The highest BCUT2D eigenvalue weighted by Crippen LogP contribution is 2.27. The summed E-state index contributed by atoms with van der Waals surface area (Å²) < 4.78 is 11.3. The van der Waals surface area contributed by atoms with Gasteiger partial charge in [-0.25, -0.2) is 0 Å². The van der Waals surface area contributed by atoms with Crippen molar-refractivity contribution in [3.05, 3.63) is 0 Å². The predicted octanol–water partition coefficient (Wildman–Crippen LogP) is 11.2. The van der Waals surface area contributed by atoms with E-state index in [2.05, 4.69) is 41.5 Å². The van der Waals surface area contributed by atoms with Gasteiger partial charge in [0.05, 0.1) is 19.1 Å². The van der Waals surface area contributed by atoms with Gasteiger partial charge in [-0.15, -0.1) is 0 Å². The fourth-order valence-corrected chi connectivity index (χ4v) is 5.86. The number of carbonyl (C=O) groups is 2. The van der Waals surface area contributed by atoms with Crippen LogP contribution in [0.2, 0.25) is 0 Å². The minimum atomic E-state index is -0.00467. The summed E-state index contributed by atoms with van der Waals surface area (Å²) in [6, 6.07) is 0. The first-order valence-corrected chi connectivity index (χ1v) is 17.8. The molecule has 0 rings (SSSR count). The highest BCUT2D eigenvalue weighted by molar-refractivity contribution is 5.72. The molecule has 0 saturated carbocycles. The molecule has 4 heteroatoms. The molecule has 0 aromatic heterocycles. The molecule has 238 valence electrons. The third kappa shape index (κ3) is 20.8. The zero-order chi connectivity index (χ0) is 29.8. The van der Waals surface area contributed by atoms with Gasteiger partial charge in [0.1, 0.15) is 0 Å². The zero-order valence-corrected chi connectivity index (χ0v) is 27.9. The van der Waals surface area contributed by atoms with Crippen LogP contribution in [0.3, 0.4) is 0 Å². The summed E-state index contributed by atoms with van der Waals surface area (Å²) in [5, 5.41) is 0. The second-order valence-corrected chi connectivity index (χ2v) is 12.4. The second kappa shape index (κ2) is 28.1. The fraction of sp³-hybridized carbons (Fsp3) is 0.944. The minimum absolute atomic E-state index is 0.00467.